The lowest BCUT2D eigenvalue weighted by Gasteiger charge is -2.25. The minimum Gasteiger partial charge on any atom is -0.344 e. The second-order valence-electron chi connectivity index (χ2n) is 8.61. The molecule has 7 heteroatoms. The van der Waals surface area contributed by atoms with E-state index in [1.54, 1.807) is 11.3 Å². The number of nitrogens with two attached hydrogens (primary N) is 1. The van der Waals surface area contributed by atoms with Crippen LogP contribution >= 0.6 is 23.7 Å². The van der Waals surface area contributed by atoms with Gasteiger partial charge in [-0.1, -0.05) is 36.4 Å². The Bertz CT molecular complexity index is 1450. The molecule has 0 saturated carbocycles. The highest BCUT2D eigenvalue weighted by Crippen LogP contribution is 2.43. The standard InChI is InChI=1S/C26H23N3O2S.ClH/c27-11-9-15-10-12-29-19-7-3-1-6-17(19)22(20(29)13-15)24-23(25(30)28-26(24)31)18-14-32-21-8-4-2-5-16(18)21;/h1-8,14-15H,9-13,27H2,(H,28,30,31);1H. The van der Waals surface area contributed by atoms with E-state index in [0.29, 0.717) is 23.6 Å². The SMILES string of the molecule is Cl.NCCC1CCn2c(c(C3=C(c4csc5ccccc45)C(=O)NC3=O)c3ccccc32)C1. The zero-order chi connectivity index (χ0) is 21.8. The van der Waals surface area contributed by atoms with Gasteiger partial charge in [-0.25, -0.2) is 0 Å². The molecule has 3 N–H and O–H groups in total. The Morgan fingerprint density at radius 2 is 1.73 bits per heavy atom. The zero-order valence-corrected chi connectivity index (χ0v) is 19.6. The van der Waals surface area contributed by atoms with Crippen molar-refractivity contribution in [1.82, 2.24) is 9.88 Å². The Kier molecular flexibility index (Phi) is 5.60. The van der Waals surface area contributed by atoms with Crippen LogP contribution in [-0.2, 0) is 22.6 Å². The molecule has 2 aromatic carbocycles. The zero-order valence-electron chi connectivity index (χ0n) is 18.0. The maximum Gasteiger partial charge on any atom is 0.259 e. The van der Waals surface area contributed by atoms with E-state index >= 15 is 0 Å². The molecule has 5 nitrogen and oxygen atoms in total. The summed E-state index contributed by atoms with van der Waals surface area (Å²) in [5.74, 6) is -0.131. The molecule has 6 rings (SSSR count). The molecule has 0 bridgehead atoms. The lowest BCUT2D eigenvalue weighted by molar-refractivity contribution is -0.122. The fraction of sp³-hybridized carbons (Fsp3) is 0.231. The predicted octanol–water partition coefficient (Wildman–Crippen LogP) is 4.76. The number of nitrogens with zero attached hydrogens (tertiary/aromatic N) is 1. The molecule has 2 aliphatic rings. The average Bonchev–Trinajstić information content (AvgIpc) is 3.45. The number of amides is 2. The number of aryl methyl sites for hydroxylation is 1. The predicted molar refractivity (Wildman–Crippen MR) is 136 cm³/mol. The van der Waals surface area contributed by atoms with Gasteiger partial charge in [-0.15, -0.1) is 23.7 Å². The third kappa shape index (κ3) is 3.32. The van der Waals surface area contributed by atoms with Crippen LogP contribution in [0.1, 0.15) is 29.7 Å². The third-order valence-corrected chi connectivity index (χ3v) is 7.79. The summed E-state index contributed by atoms with van der Waals surface area (Å²) in [6, 6.07) is 16.3. The number of hydrogen-bond acceptors (Lipinski definition) is 4. The monoisotopic (exact) mass is 477 g/mol. The Labute approximate surface area is 201 Å². The molecule has 4 heterocycles. The molecular weight excluding hydrogens is 454 g/mol. The largest absolute Gasteiger partial charge is 0.344 e. The summed E-state index contributed by atoms with van der Waals surface area (Å²) in [6.45, 7) is 1.56. The van der Waals surface area contributed by atoms with Crippen molar-refractivity contribution in [3.8, 4) is 0 Å². The summed E-state index contributed by atoms with van der Waals surface area (Å²) >= 11 is 1.60. The van der Waals surface area contributed by atoms with Crippen LogP contribution in [0, 0.1) is 5.92 Å². The molecule has 168 valence electrons. The fourth-order valence-corrected chi connectivity index (χ4v) is 6.35. The number of halogens is 1. The number of fused-ring (bicyclic) bond motifs is 4. The number of hydrogen-bond donors (Lipinski definition) is 2. The molecular formula is C26H24ClN3O2S. The highest BCUT2D eigenvalue weighted by molar-refractivity contribution is 7.17. The van der Waals surface area contributed by atoms with E-state index < -0.39 is 0 Å². The number of thiophene rings is 1. The van der Waals surface area contributed by atoms with Crippen LogP contribution in [0.4, 0.5) is 0 Å². The van der Waals surface area contributed by atoms with Crippen molar-refractivity contribution in [2.45, 2.75) is 25.8 Å². The summed E-state index contributed by atoms with van der Waals surface area (Å²) in [5.41, 5.74) is 10.9. The van der Waals surface area contributed by atoms with Gasteiger partial charge in [0.05, 0.1) is 11.1 Å². The smallest absolute Gasteiger partial charge is 0.259 e. The van der Waals surface area contributed by atoms with Gasteiger partial charge in [-0.05, 0) is 43.9 Å². The van der Waals surface area contributed by atoms with Crippen molar-refractivity contribution in [3.05, 3.63) is 70.7 Å². The maximum absolute atomic E-state index is 13.2. The molecule has 4 aromatic rings. The Morgan fingerprint density at radius 3 is 2.55 bits per heavy atom. The number of para-hydroxylation sites is 1. The number of rotatable bonds is 4. The van der Waals surface area contributed by atoms with Crippen LogP contribution in [0.2, 0.25) is 0 Å². The first kappa shape index (κ1) is 21.9. The number of carbonyl (C=O) groups excluding carboxylic acids is 2. The second kappa shape index (κ2) is 8.45. The van der Waals surface area contributed by atoms with Crippen molar-refractivity contribution < 1.29 is 9.59 Å². The number of nitrogens with one attached hydrogen (secondary N) is 1. The van der Waals surface area contributed by atoms with Gasteiger partial charge in [0.1, 0.15) is 0 Å². The second-order valence-corrected chi connectivity index (χ2v) is 9.52. The first-order valence-electron chi connectivity index (χ1n) is 11.0. The van der Waals surface area contributed by atoms with Gasteiger partial charge in [-0.2, -0.15) is 0 Å². The van der Waals surface area contributed by atoms with Crippen LogP contribution in [0.5, 0.6) is 0 Å². The lowest BCUT2D eigenvalue weighted by atomic mass is 9.88. The molecule has 2 amide bonds. The van der Waals surface area contributed by atoms with Crippen molar-refractivity contribution in [1.29, 1.82) is 0 Å². The summed E-state index contributed by atoms with van der Waals surface area (Å²) in [5, 5.41) is 6.63. The van der Waals surface area contributed by atoms with Gasteiger partial charge < -0.3 is 10.3 Å². The summed E-state index contributed by atoms with van der Waals surface area (Å²) < 4.78 is 3.44. The first-order valence-corrected chi connectivity index (χ1v) is 11.9. The summed E-state index contributed by atoms with van der Waals surface area (Å²) in [4.78, 5) is 26.3. The Morgan fingerprint density at radius 1 is 1.00 bits per heavy atom. The normalized spacial score (nSPS) is 18.0. The van der Waals surface area contributed by atoms with Crippen LogP contribution in [0.3, 0.4) is 0 Å². The highest BCUT2D eigenvalue weighted by atomic mass is 35.5. The molecule has 0 spiro atoms. The minimum absolute atomic E-state index is 0. The van der Waals surface area contributed by atoms with E-state index in [9.17, 15) is 9.59 Å². The van der Waals surface area contributed by atoms with Crippen LogP contribution < -0.4 is 11.1 Å². The van der Waals surface area contributed by atoms with E-state index in [-0.39, 0.29) is 24.2 Å². The first-order chi connectivity index (χ1) is 15.7. The van der Waals surface area contributed by atoms with E-state index in [1.807, 2.05) is 41.8 Å². The van der Waals surface area contributed by atoms with E-state index in [4.69, 9.17) is 5.73 Å². The van der Waals surface area contributed by atoms with Crippen molar-refractivity contribution in [2.24, 2.45) is 11.7 Å². The van der Waals surface area contributed by atoms with Gasteiger partial charge in [0.15, 0.2) is 0 Å². The van der Waals surface area contributed by atoms with Crippen molar-refractivity contribution in [3.63, 3.8) is 0 Å². The number of aromatic nitrogens is 1. The van der Waals surface area contributed by atoms with Crippen LogP contribution in [-0.4, -0.2) is 22.9 Å². The fourth-order valence-electron chi connectivity index (χ4n) is 5.39. The average molecular weight is 478 g/mol. The van der Waals surface area contributed by atoms with E-state index in [2.05, 4.69) is 22.0 Å². The Balaban J connectivity index is 0.00000228. The van der Waals surface area contributed by atoms with Gasteiger partial charge in [0, 0.05) is 49.7 Å². The van der Waals surface area contributed by atoms with Crippen molar-refractivity contribution >= 4 is 67.7 Å². The van der Waals surface area contributed by atoms with E-state index in [0.717, 1.165) is 63.6 Å². The maximum atomic E-state index is 13.2. The minimum atomic E-state index is -0.313. The molecule has 2 aromatic heterocycles. The highest BCUT2D eigenvalue weighted by Gasteiger charge is 2.37. The molecule has 33 heavy (non-hydrogen) atoms. The molecule has 1 atom stereocenters. The summed E-state index contributed by atoms with van der Waals surface area (Å²) in [7, 11) is 0. The Hall–Kier alpha value is -2.93. The molecule has 0 aliphatic carbocycles. The van der Waals surface area contributed by atoms with E-state index in [1.165, 1.54) is 0 Å². The summed E-state index contributed by atoms with van der Waals surface area (Å²) in [6.07, 6.45) is 2.91. The number of imide groups is 1. The molecule has 0 fully saturated rings. The van der Waals surface area contributed by atoms with Gasteiger partial charge in [0.2, 0.25) is 0 Å². The number of benzene rings is 2. The number of carbonyl (C=O) groups is 2. The van der Waals surface area contributed by atoms with Crippen LogP contribution in [0.15, 0.2) is 53.9 Å². The molecule has 0 saturated heterocycles. The molecule has 2 aliphatic heterocycles. The van der Waals surface area contributed by atoms with Crippen molar-refractivity contribution in [2.75, 3.05) is 6.54 Å². The molecule has 1 unspecified atom stereocenters. The van der Waals surface area contributed by atoms with Gasteiger partial charge in [-0.3, -0.25) is 14.9 Å². The van der Waals surface area contributed by atoms with Crippen LogP contribution in [0.25, 0.3) is 32.1 Å². The van der Waals surface area contributed by atoms with Gasteiger partial charge in [0.25, 0.3) is 11.8 Å². The lowest BCUT2D eigenvalue weighted by Crippen LogP contribution is -2.24. The topological polar surface area (TPSA) is 77.1 Å². The van der Waals surface area contributed by atoms with Gasteiger partial charge >= 0.3 is 0 Å². The third-order valence-electron chi connectivity index (χ3n) is 6.83. The molecule has 0 radical (unpaired) electrons. The quantitative estimate of drug-likeness (QED) is 0.416.